The van der Waals surface area contributed by atoms with Gasteiger partial charge < -0.3 is 10.3 Å². The Morgan fingerprint density at radius 1 is 1.19 bits per heavy atom. The largest absolute Gasteiger partial charge is 0.325 e. The standard InChI is InChI=1S/C12H22N4/c1-8-14-15-10(16(8)9-6-7-9)11(2,3)12(4,5)13/h9H,6-7,13H2,1-5H3. The maximum Gasteiger partial charge on any atom is 0.140 e. The minimum absolute atomic E-state index is 0.170. The summed E-state index contributed by atoms with van der Waals surface area (Å²) in [5, 5.41) is 8.56. The highest BCUT2D eigenvalue weighted by molar-refractivity contribution is 5.17. The average Bonchev–Trinajstić information content (AvgIpc) is 2.88. The van der Waals surface area contributed by atoms with Gasteiger partial charge in [-0.1, -0.05) is 13.8 Å². The SMILES string of the molecule is Cc1nnc(C(C)(C)C(C)(C)N)n1C1CC1. The van der Waals surface area contributed by atoms with Crippen molar-refractivity contribution in [1.29, 1.82) is 0 Å². The molecule has 1 fully saturated rings. The van der Waals surface area contributed by atoms with E-state index in [9.17, 15) is 0 Å². The lowest BCUT2D eigenvalue weighted by Gasteiger charge is -2.37. The van der Waals surface area contributed by atoms with Crippen molar-refractivity contribution in [2.75, 3.05) is 0 Å². The van der Waals surface area contributed by atoms with E-state index in [1.54, 1.807) is 0 Å². The van der Waals surface area contributed by atoms with Crippen LogP contribution in [0.25, 0.3) is 0 Å². The maximum absolute atomic E-state index is 6.26. The second-order valence-electron chi connectivity index (χ2n) is 6.02. The molecule has 0 spiro atoms. The van der Waals surface area contributed by atoms with E-state index in [0.717, 1.165) is 11.6 Å². The zero-order chi connectivity index (χ0) is 12.1. The van der Waals surface area contributed by atoms with Gasteiger partial charge in [0.1, 0.15) is 11.6 Å². The highest BCUT2D eigenvalue weighted by Crippen LogP contribution is 2.41. The van der Waals surface area contributed by atoms with Crippen molar-refractivity contribution in [3.63, 3.8) is 0 Å². The number of rotatable bonds is 3. The Labute approximate surface area is 97.2 Å². The Hall–Kier alpha value is -0.900. The molecule has 1 heterocycles. The van der Waals surface area contributed by atoms with Gasteiger partial charge in [-0.2, -0.15) is 0 Å². The third-order valence-electron chi connectivity index (χ3n) is 3.95. The van der Waals surface area contributed by atoms with Crippen LogP contribution in [0.2, 0.25) is 0 Å². The molecule has 0 unspecified atom stereocenters. The minimum atomic E-state index is -0.306. The molecule has 1 aromatic heterocycles. The number of nitrogens with two attached hydrogens (primary N) is 1. The van der Waals surface area contributed by atoms with Crippen LogP contribution in [-0.2, 0) is 5.41 Å². The summed E-state index contributed by atoms with van der Waals surface area (Å²) in [5.74, 6) is 2.04. The van der Waals surface area contributed by atoms with Crippen LogP contribution in [0.1, 0.15) is 58.2 Å². The number of aromatic nitrogens is 3. The van der Waals surface area contributed by atoms with Crippen LogP contribution in [0.3, 0.4) is 0 Å². The molecule has 0 radical (unpaired) electrons. The quantitative estimate of drug-likeness (QED) is 0.850. The molecule has 0 bridgehead atoms. The Bertz CT molecular complexity index is 394. The molecule has 1 saturated carbocycles. The topological polar surface area (TPSA) is 56.7 Å². The Balaban J connectivity index is 2.47. The highest BCUT2D eigenvalue weighted by atomic mass is 15.3. The molecule has 2 rings (SSSR count). The van der Waals surface area contributed by atoms with Gasteiger partial charge in [0.05, 0.1) is 0 Å². The van der Waals surface area contributed by atoms with Crippen LogP contribution >= 0.6 is 0 Å². The predicted octanol–water partition coefficient (Wildman–Crippen LogP) is 1.94. The van der Waals surface area contributed by atoms with Gasteiger partial charge in [0.2, 0.25) is 0 Å². The van der Waals surface area contributed by atoms with E-state index in [0.29, 0.717) is 6.04 Å². The Morgan fingerprint density at radius 3 is 2.19 bits per heavy atom. The molecule has 16 heavy (non-hydrogen) atoms. The van der Waals surface area contributed by atoms with E-state index < -0.39 is 0 Å². The van der Waals surface area contributed by atoms with E-state index in [1.807, 2.05) is 20.8 Å². The molecule has 4 heteroatoms. The van der Waals surface area contributed by atoms with E-state index in [-0.39, 0.29) is 11.0 Å². The summed E-state index contributed by atoms with van der Waals surface area (Å²) in [5.41, 5.74) is 5.79. The summed E-state index contributed by atoms with van der Waals surface area (Å²) >= 11 is 0. The fraction of sp³-hybridized carbons (Fsp3) is 0.833. The summed E-state index contributed by atoms with van der Waals surface area (Å²) in [6.07, 6.45) is 2.49. The van der Waals surface area contributed by atoms with E-state index >= 15 is 0 Å². The van der Waals surface area contributed by atoms with Crippen LogP contribution in [-0.4, -0.2) is 20.3 Å². The summed E-state index contributed by atoms with van der Waals surface area (Å²) < 4.78 is 2.27. The number of hydrogen-bond donors (Lipinski definition) is 1. The zero-order valence-corrected chi connectivity index (χ0v) is 10.9. The molecule has 90 valence electrons. The first kappa shape index (κ1) is 11.6. The van der Waals surface area contributed by atoms with E-state index in [2.05, 4.69) is 28.6 Å². The van der Waals surface area contributed by atoms with Crippen molar-refractivity contribution in [2.45, 2.75) is 64.5 Å². The van der Waals surface area contributed by atoms with Crippen LogP contribution in [0, 0.1) is 6.92 Å². The lowest BCUT2D eigenvalue weighted by atomic mass is 9.74. The minimum Gasteiger partial charge on any atom is -0.325 e. The molecule has 1 aliphatic carbocycles. The fourth-order valence-corrected chi connectivity index (χ4v) is 1.85. The normalized spacial score (nSPS) is 17.9. The van der Waals surface area contributed by atoms with Gasteiger partial charge in [-0.05, 0) is 33.6 Å². The van der Waals surface area contributed by atoms with Crippen molar-refractivity contribution >= 4 is 0 Å². The van der Waals surface area contributed by atoms with Gasteiger partial charge in [-0.25, -0.2) is 0 Å². The van der Waals surface area contributed by atoms with Crippen molar-refractivity contribution in [3.05, 3.63) is 11.6 Å². The van der Waals surface area contributed by atoms with Crippen molar-refractivity contribution in [3.8, 4) is 0 Å². The van der Waals surface area contributed by atoms with E-state index in [4.69, 9.17) is 5.73 Å². The highest BCUT2D eigenvalue weighted by Gasteiger charge is 2.42. The molecule has 2 N–H and O–H groups in total. The number of hydrogen-bond acceptors (Lipinski definition) is 3. The van der Waals surface area contributed by atoms with Gasteiger partial charge in [0.15, 0.2) is 0 Å². The molecule has 4 nitrogen and oxygen atoms in total. The van der Waals surface area contributed by atoms with Gasteiger partial charge in [-0.15, -0.1) is 10.2 Å². The van der Waals surface area contributed by atoms with Crippen molar-refractivity contribution in [2.24, 2.45) is 5.73 Å². The molecule has 1 aliphatic rings. The molecule has 0 saturated heterocycles. The lowest BCUT2D eigenvalue weighted by Crippen LogP contribution is -2.51. The molecule has 0 amide bonds. The Kier molecular flexibility index (Phi) is 2.38. The first-order valence-corrected chi connectivity index (χ1v) is 5.96. The summed E-state index contributed by atoms with van der Waals surface area (Å²) in [6, 6.07) is 0.603. The smallest absolute Gasteiger partial charge is 0.140 e. The molecule has 0 atom stereocenters. The van der Waals surface area contributed by atoms with Gasteiger partial charge in [0, 0.05) is 17.0 Å². The summed E-state index contributed by atoms with van der Waals surface area (Å²) in [4.78, 5) is 0. The Morgan fingerprint density at radius 2 is 1.75 bits per heavy atom. The number of nitrogens with zero attached hydrogens (tertiary/aromatic N) is 3. The van der Waals surface area contributed by atoms with Gasteiger partial charge in [-0.3, -0.25) is 0 Å². The average molecular weight is 222 g/mol. The first-order valence-electron chi connectivity index (χ1n) is 5.96. The molecule has 0 aliphatic heterocycles. The van der Waals surface area contributed by atoms with Crippen LogP contribution in [0.15, 0.2) is 0 Å². The summed E-state index contributed by atoms with van der Waals surface area (Å²) in [6.45, 7) is 10.4. The second kappa shape index (κ2) is 3.29. The van der Waals surface area contributed by atoms with Crippen LogP contribution < -0.4 is 5.73 Å². The second-order valence-corrected chi connectivity index (χ2v) is 6.02. The van der Waals surface area contributed by atoms with Gasteiger partial charge >= 0.3 is 0 Å². The van der Waals surface area contributed by atoms with E-state index in [1.165, 1.54) is 12.8 Å². The van der Waals surface area contributed by atoms with Crippen molar-refractivity contribution in [1.82, 2.24) is 14.8 Å². The third kappa shape index (κ3) is 1.65. The molecule has 1 aromatic rings. The third-order valence-corrected chi connectivity index (χ3v) is 3.95. The van der Waals surface area contributed by atoms with Crippen LogP contribution in [0.5, 0.6) is 0 Å². The maximum atomic E-state index is 6.26. The monoisotopic (exact) mass is 222 g/mol. The lowest BCUT2D eigenvalue weighted by molar-refractivity contribution is 0.280. The number of aryl methyl sites for hydroxylation is 1. The van der Waals surface area contributed by atoms with Crippen molar-refractivity contribution < 1.29 is 0 Å². The molecule has 0 aromatic carbocycles. The molecular formula is C12H22N4. The summed E-state index contributed by atoms with van der Waals surface area (Å²) in [7, 11) is 0. The fourth-order valence-electron chi connectivity index (χ4n) is 1.85. The first-order chi connectivity index (χ1) is 7.25. The van der Waals surface area contributed by atoms with Gasteiger partial charge in [0.25, 0.3) is 0 Å². The predicted molar refractivity (Wildman–Crippen MR) is 64.3 cm³/mol. The van der Waals surface area contributed by atoms with Crippen LogP contribution in [0.4, 0.5) is 0 Å². The zero-order valence-electron chi connectivity index (χ0n) is 10.9. The molecular weight excluding hydrogens is 200 g/mol.